The van der Waals surface area contributed by atoms with Crippen LogP contribution in [0.25, 0.3) is 0 Å². The predicted octanol–water partition coefficient (Wildman–Crippen LogP) is 3.22. The van der Waals surface area contributed by atoms with Crippen molar-refractivity contribution in [3.8, 4) is 0 Å². The Morgan fingerprint density at radius 2 is 1.67 bits per heavy atom. The summed E-state index contributed by atoms with van der Waals surface area (Å²) in [7, 11) is 0. The minimum absolute atomic E-state index is 0. The topological polar surface area (TPSA) is 64.3 Å². The molecule has 3 N–H and O–H groups in total. The van der Waals surface area contributed by atoms with Crippen molar-refractivity contribution >= 4 is 18.3 Å². The van der Waals surface area contributed by atoms with Crippen molar-refractivity contribution in [1.29, 1.82) is 0 Å². The van der Waals surface area contributed by atoms with Crippen LogP contribution in [0.2, 0.25) is 0 Å². The van der Waals surface area contributed by atoms with Crippen LogP contribution in [0.3, 0.4) is 0 Å². The van der Waals surface area contributed by atoms with Crippen LogP contribution >= 0.6 is 12.4 Å². The van der Waals surface area contributed by atoms with E-state index in [1.54, 1.807) is 0 Å². The summed E-state index contributed by atoms with van der Waals surface area (Å²) in [5.41, 5.74) is 8.15. The lowest BCUT2D eigenvalue weighted by atomic mass is 10.0. The maximum atomic E-state index is 12.0. The van der Waals surface area contributed by atoms with Crippen molar-refractivity contribution in [3.05, 3.63) is 71.8 Å². The van der Waals surface area contributed by atoms with E-state index < -0.39 is 0 Å². The van der Waals surface area contributed by atoms with Gasteiger partial charge in [0.25, 0.3) is 0 Å². The lowest BCUT2D eigenvalue weighted by Crippen LogP contribution is -2.37. The molecule has 1 amide bonds. The summed E-state index contributed by atoms with van der Waals surface area (Å²) in [5.74, 6) is -0.0582. The molecular weight excluding hydrogens is 324 g/mol. The number of nitrogens with two attached hydrogens (primary N) is 1. The molecule has 0 aromatic heterocycles. The number of rotatable bonds is 8. The van der Waals surface area contributed by atoms with Crippen LogP contribution < -0.4 is 11.1 Å². The lowest BCUT2D eigenvalue weighted by Gasteiger charge is -2.17. The van der Waals surface area contributed by atoms with E-state index in [2.05, 4.69) is 5.32 Å². The first-order chi connectivity index (χ1) is 11.1. The Morgan fingerprint density at radius 1 is 1.08 bits per heavy atom. The van der Waals surface area contributed by atoms with Gasteiger partial charge in [-0.05, 0) is 18.1 Å². The Morgan fingerprint density at radius 3 is 2.29 bits per heavy atom. The second-order valence-corrected chi connectivity index (χ2v) is 5.69. The Bertz CT molecular complexity index is 593. The average Bonchev–Trinajstić information content (AvgIpc) is 2.56. The van der Waals surface area contributed by atoms with Gasteiger partial charge >= 0.3 is 0 Å². The van der Waals surface area contributed by atoms with Crippen molar-refractivity contribution in [2.45, 2.75) is 32.0 Å². The molecule has 0 aliphatic rings. The molecule has 2 unspecified atom stereocenters. The molecule has 130 valence electrons. The second kappa shape index (κ2) is 10.8. The smallest absolute Gasteiger partial charge is 0.222 e. The van der Waals surface area contributed by atoms with Gasteiger partial charge in [0.2, 0.25) is 5.91 Å². The second-order valence-electron chi connectivity index (χ2n) is 5.69. The standard InChI is InChI=1S/C19H24N2O2.ClH/c1-15(13-23-14-16-8-4-2-5-9-16)21-19(22)12-18(20)17-10-6-3-7-11-17;/h2-11,15,18H,12-14,20H2,1H3,(H,21,22);1H. The Labute approximate surface area is 149 Å². The first-order valence-corrected chi connectivity index (χ1v) is 7.86. The van der Waals surface area contributed by atoms with E-state index in [-0.39, 0.29) is 36.8 Å². The van der Waals surface area contributed by atoms with E-state index in [1.807, 2.05) is 67.6 Å². The molecule has 0 radical (unpaired) electrons. The van der Waals surface area contributed by atoms with Crippen LogP contribution in [0.1, 0.15) is 30.5 Å². The van der Waals surface area contributed by atoms with Crippen molar-refractivity contribution in [3.63, 3.8) is 0 Å². The Balaban J connectivity index is 0.00000288. The molecule has 2 aromatic carbocycles. The van der Waals surface area contributed by atoms with Crippen LogP contribution in [0.15, 0.2) is 60.7 Å². The van der Waals surface area contributed by atoms with Crippen LogP contribution in [0.4, 0.5) is 0 Å². The highest BCUT2D eigenvalue weighted by atomic mass is 35.5. The van der Waals surface area contributed by atoms with Gasteiger partial charge in [0.15, 0.2) is 0 Å². The fourth-order valence-corrected chi connectivity index (χ4v) is 2.32. The molecule has 0 bridgehead atoms. The van der Waals surface area contributed by atoms with E-state index >= 15 is 0 Å². The van der Waals surface area contributed by atoms with Crippen molar-refractivity contribution in [2.75, 3.05) is 6.61 Å². The molecule has 0 spiro atoms. The van der Waals surface area contributed by atoms with Gasteiger partial charge in [0.1, 0.15) is 0 Å². The number of ether oxygens (including phenoxy) is 1. The number of amides is 1. The average molecular weight is 349 g/mol. The Hall–Kier alpha value is -1.88. The minimum atomic E-state index is -0.284. The zero-order valence-electron chi connectivity index (χ0n) is 13.9. The molecule has 4 nitrogen and oxygen atoms in total. The predicted molar refractivity (Wildman–Crippen MR) is 98.9 cm³/mol. The number of nitrogens with one attached hydrogen (secondary N) is 1. The normalized spacial score (nSPS) is 12.8. The summed E-state index contributed by atoms with van der Waals surface area (Å²) >= 11 is 0. The summed E-state index contributed by atoms with van der Waals surface area (Å²) in [4.78, 5) is 12.0. The minimum Gasteiger partial charge on any atom is -0.375 e. The molecule has 5 heteroatoms. The molecule has 2 rings (SSSR count). The zero-order chi connectivity index (χ0) is 16.5. The van der Waals surface area contributed by atoms with Gasteiger partial charge in [-0.1, -0.05) is 60.7 Å². The van der Waals surface area contributed by atoms with E-state index in [0.717, 1.165) is 11.1 Å². The number of hydrogen-bond acceptors (Lipinski definition) is 3. The monoisotopic (exact) mass is 348 g/mol. The summed E-state index contributed by atoms with van der Waals surface area (Å²) in [6.07, 6.45) is 0.271. The van der Waals surface area contributed by atoms with Gasteiger partial charge in [0.05, 0.1) is 13.2 Å². The molecule has 0 heterocycles. The highest BCUT2D eigenvalue weighted by molar-refractivity contribution is 5.85. The van der Waals surface area contributed by atoms with Crippen LogP contribution in [-0.2, 0) is 16.1 Å². The molecule has 0 saturated heterocycles. The largest absolute Gasteiger partial charge is 0.375 e. The highest BCUT2D eigenvalue weighted by Gasteiger charge is 2.13. The Kier molecular flexibility index (Phi) is 9.08. The van der Waals surface area contributed by atoms with Crippen molar-refractivity contribution in [1.82, 2.24) is 5.32 Å². The third-order valence-corrected chi connectivity index (χ3v) is 3.52. The van der Waals surface area contributed by atoms with E-state index in [0.29, 0.717) is 13.2 Å². The van der Waals surface area contributed by atoms with Crippen LogP contribution in [0, 0.1) is 0 Å². The molecule has 0 saturated carbocycles. The fraction of sp³-hybridized carbons (Fsp3) is 0.316. The summed E-state index contributed by atoms with van der Waals surface area (Å²) in [5, 5.41) is 2.92. The number of carbonyl (C=O) groups is 1. The third kappa shape index (κ3) is 7.13. The number of hydrogen-bond donors (Lipinski definition) is 2. The summed E-state index contributed by atoms with van der Waals surface area (Å²) < 4.78 is 5.63. The van der Waals surface area contributed by atoms with Gasteiger partial charge in [-0.2, -0.15) is 0 Å². The van der Waals surface area contributed by atoms with Gasteiger partial charge in [-0.25, -0.2) is 0 Å². The highest BCUT2D eigenvalue weighted by Crippen LogP contribution is 2.13. The summed E-state index contributed by atoms with van der Waals surface area (Å²) in [6, 6.07) is 19.3. The van der Waals surface area contributed by atoms with Gasteiger partial charge < -0.3 is 15.8 Å². The van der Waals surface area contributed by atoms with E-state index in [9.17, 15) is 4.79 Å². The van der Waals surface area contributed by atoms with E-state index in [1.165, 1.54) is 0 Å². The van der Waals surface area contributed by atoms with Crippen LogP contribution in [-0.4, -0.2) is 18.6 Å². The molecule has 0 fully saturated rings. The van der Waals surface area contributed by atoms with Crippen molar-refractivity contribution < 1.29 is 9.53 Å². The number of halogens is 1. The SMILES string of the molecule is CC(COCc1ccccc1)NC(=O)CC(N)c1ccccc1.Cl. The molecule has 2 atom stereocenters. The maximum Gasteiger partial charge on any atom is 0.222 e. The van der Waals surface area contributed by atoms with Gasteiger partial charge in [-0.15, -0.1) is 12.4 Å². The number of carbonyl (C=O) groups excluding carboxylic acids is 1. The van der Waals surface area contributed by atoms with E-state index in [4.69, 9.17) is 10.5 Å². The van der Waals surface area contributed by atoms with Crippen LogP contribution in [0.5, 0.6) is 0 Å². The summed E-state index contributed by atoms with van der Waals surface area (Å²) in [6.45, 7) is 2.95. The molecule has 0 aliphatic carbocycles. The third-order valence-electron chi connectivity index (χ3n) is 3.52. The van der Waals surface area contributed by atoms with Gasteiger partial charge in [-0.3, -0.25) is 4.79 Å². The first-order valence-electron chi connectivity index (χ1n) is 7.86. The fourth-order valence-electron chi connectivity index (χ4n) is 2.32. The first kappa shape index (κ1) is 20.2. The molecule has 0 aliphatic heterocycles. The zero-order valence-corrected chi connectivity index (χ0v) is 14.7. The molecule has 2 aromatic rings. The number of benzene rings is 2. The maximum absolute atomic E-state index is 12.0. The van der Waals surface area contributed by atoms with Gasteiger partial charge in [0, 0.05) is 18.5 Å². The lowest BCUT2D eigenvalue weighted by molar-refractivity contribution is -0.122. The molecular formula is C19H25ClN2O2. The quantitative estimate of drug-likeness (QED) is 0.769. The molecule has 24 heavy (non-hydrogen) atoms. The van der Waals surface area contributed by atoms with Crippen molar-refractivity contribution in [2.24, 2.45) is 5.73 Å².